The van der Waals surface area contributed by atoms with Crippen LogP contribution in [-0.2, 0) is 10.0 Å². The van der Waals surface area contributed by atoms with Crippen LogP contribution in [0.1, 0.15) is 31.7 Å². The largest absolute Gasteiger partial charge is 0.437 e. The number of nitrogens with zero attached hydrogens (tertiary/aromatic N) is 3. The molecule has 0 spiro atoms. The Morgan fingerprint density at radius 2 is 1.84 bits per heavy atom. The van der Waals surface area contributed by atoms with Crippen molar-refractivity contribution >= 4 is 44.8 Å². The molecule has 0 amide bonds. The Labute approximate surface area is 258 Å². The Morgan fingerprint density at radius 3 is 2.59 bits per heavy atom. The molecule has 9 nitrogen and oxygen atoms in total. The average molecular weight is 655 g/mol. The van der Waals surface area contributed by atoms with Crippen LogP contribution in [0.4, 0.5) is 29.2 Å². The first-order chi connectivity index (χ1) is 20.6. The Kier molecular flexibility index (Phi) is 10.5. The van der Waals surface area contributed by atoms with Gasteiger partial charge in [-0.2, -0.15) is 0 Å². The number of hydrogen-bond acceptors (Lipinski definition) is 8. The van der Waals surface area contributed by atoms with Gasteiger partial charge in [-0.1, -0.05) is 25.5 Å². The van der Waals surface area contributed by atoms with Crippen LogP contribution in [0.25, 0.3) is 22.0 Å². The third-order valence-electron chi connectivity index (χ3n) is 7.00. The van der Waals surface area contributed by atoms with Crippen LogP contribution in [0.3, 0.4) is 0 Å². The number of fused-ring (bicyclic) bond motifs is 1. The fraction of sp³-hybridized carbons (Fsp3) is 0.345. The van der Waals surface area contributed by atoms with Gasteiger partial charge in [-0.3, -0.25) is 4.72 Å². The van der Waals surface area contributed by atoms with E-state index in [4.69, 9.17) is 4.74 Å². The number of rotatable bonds is 10. The third kappa shape index (κ3) is 7.13. The van der Waals surface area contributed by atoms with E-state index in [9.17, 15) is 21.6 Å². The van der Waals surface area contributed by atoms with Crippen molar-refractivity contribution in [2.45, 2.75) is 45.3 Å². The van der Waals surface area contributed by atoms with E-state index in [1.807, 2.05) is 0 Å². The van der Waals surface area contributed by atoms with Gasteiger partial charge < -0.3 is 15.4 Å². The molecule has 3 N–H and O–H groups in total. The molecular weight excluding hydrogens is 624 g/mol. The number of sulfonamides is 1. The number of aryl methyl sites for hydroxylation is 1. The zero-order valence-corrected chi connectivity index (χ0v) is 25.5. The molecule has 3 heterocycles. The number of alkyl halides is 1. The van der Waals surface area contributed by atoms with Crippen molar-refractivity contribution in [3.05, 3.63) is 65.7 Å². The Bertz CT molecular complexity index is 1770. The van der Waals surface area contributed by atoms with Crippen molar-refractivity contribution in [2.24, 2.45) is 0 Å². The highest BCUT2D eigenvalue weighted by atomic mass is 35.5. The maximum Gasteiger partial charge on any atom is 0.232 e. The number of pyridine rings is 1. The van der Waals surface area contributed by atoms with Gasteiger partial charge in [-0.15, -0.1) is 12.4 Å². The number of nitrogens with one attached hydrogen (secondary N) is 3. The highest BCUT2D eigenvalue weighted by molar-refractivity contribution is 7.92. The molecule has 4 aromatic rings. The van der Waals surface area contributed by atoms with Gasteiger partial charge in [0.15, 0.2) is 17.5 Å². The SMILES string of the molecule is CCCCS(=O)(=O)Nc1c(F)c(F)c(F)c2c(Oc3ncccc3-c3ccnc(N[C@H]4CNC[C@H](F)C4)n3)c(C)ccc12.Cl. The van der Waals surface area contributed by atoms with Gasteiger partial charge >= 0.3 is 0 Å². The summed E-state index contributed by atoms with van der Waals surface area (Å²) in [6, 6.07) is 7.42. The molecule has 44 heavy (non-hydrogen) atoms. The standard InChI is InChI=1S/C29H30F4N6O3S.ClH/c1-3-4-12-43(40,41)39-26-20-8-7-16(2)27(22(20)23(31)24(32)25(26)33)42-28-19(6-5-10-35-28)21-9-11-36-29(38-21)37-18-13-17(30)14-34-15-18;/h5-11,17-18,34,39H,3-4,12-15H2,1-2H3,(H,36,37,38);1H/t17-,18-;/m1./s1. The molecule has 0 unspecified atom stereocenters. The van der Waals surface area contributed by atoms with Gasteiger partial charge in [0.05, 0.1) is 28.1 Å². The van der Waals surface area contributed by atoms with Crippen LogP contribution in [0.15, 0.2) is 42.7 Å². The third-order valence-corrected chi connectivity index (χ3v) is 8.35. The lowest BCUT2D eigenvalue weighted by Gasteiger charge is -2.26. The van der Waals surface area contributed by atoms with E-state index in [0.29, 0.717) is 42.6 Å². The quantitative estimate of drug-likeness (QED) is 0.135. The number of hydrogen-bond donors (Lipinski definition) is 3. The van der Waals surface area contributed by atoms with E-state index in [-0.39, 0.29) is 53.7 Å². The highest BCUT2D eigenvalue weighted by Crippen LogP contribution is 2.42. The van der Waals surface area contributed by atoms with Crippen molar-refractivity contribution in [2.75, 3.05) is 28.9 Å². The molecule has 2 aromatic carbocycles. The van der Waals surface area contributed by atoms with Gasteiger partial charge in [-0.25, -0.2) is 40.9 Å². The summed E-state index contributed by atoms with van der Waals surface area (Å²) in [5.41, 5.74) is 0.388. The minimum Gasteiger partial charge on any atom is -0.437 e. The normalized spacial score (nSPS) is 16.8. The molecule has 0 aliphatic carbocycles. The molecule has 1 aliphatic rings. The molecule has 15 heteroatoms. The first-order valence-corrected chi connectivity index (χ1v) is 15.4. The maximum absolute atomic E-state index is 15.4. The smallest absolute Gasteiger partial charge is 0.232 e. The van der Waals surface area contributed by atoms with Crippen LogP contribution in [0.5, 0.6) is 11.6 Å². The van der Waals surface area contributed by atoms with Gasteiger partial charge in [0.1, 0.15) is 11.9 Å². The highest BCUT2D eigenvalue weighted by Gasteiger charge is 2.27. The molecule has 1 saturated heterocycles. The van der Waals surface area contributed by atoms with Crippen molar-refractivity contribution in [1.82, 2.24) is 20.3 Å². The Hall–Kier alpha value is -3.75. The number of piperidine rings is 1. The first-order valence-electron chi connectivity index (χ1n) is 13.8. The molecule has 0 bridgehead atoms. The van der Waals surface area contributed by atoms with E-state index in [1.165, 1.54) is 24.5 Å². The summed E-state index contributed by atoms with van der Waals surface area (Å²) in [5.74, 6) is -5.34. The van der Waals surface area contributed by atoms with Crippen LogP contribution >= 0.6 is 12.4 Å². The minimum absolute atomic E-state index is 0. The summed E-state index contributed by atoms with van der Waals surface area (Å²) in [5, 5.41) is 5.43. The van der Waals surface area contributed by atoms with Crippen molar-refractivity contribution in [1.29, 1.82) is 0 Å². The fourth-order valence-corrected chi connectivity index (χ4v) is 6.12. The first kappa shape index (κ1) is 33.1. The van der Waals surface area contributed by atoms with E-state index >= 15 is 4.39 Å². The number of unbranched alkanes of at least 4 members (excludes halogenated alkanes) is 1. The molecule has 0 saturated carbocycles. The summed E-state index contributed by atoms with van der Waals surface area (Å²) in [6.45, 7) is 4.18. The topological polar surface area (TPSA) is 118 Å². The number of benzene rings is 2. The van der Waals surface area contributed by atoms with E-state index in [1.54, 1.807) is 32.0 Å². The minimum atomic E-state index is -4.06. The Balaban J connectivity index is 0.00000442. The molecule has 5 rings (SSSR count). The van der Waals surface area contributed by atoms with Crippen LogP contribution < -0.4 is 20.1 Å². The fourth-order valence-electron chi connectivity index (χ4n) is 4.84. The van der Waals surface area contributed by atoms with Gasteiger partial charge in [-0.05, 0) is 37.1 Å². The van der Waals surface area contributed by atoms with E-state index in [0.717, 1.165) is 0 Å². The summed E-state index contributed by atoms with van der Waals surface area (Å²) >= 11 is 0. The monoisotopic (exact) mass is 654 g/mol. The molecule has 2 aromatic heterocycles. The summed E-state index contributed by atoms with van der Waals surface area (Å²) in [7, 11) is -4.06. The van der Waals surface area contributed by atoms with Crippen LogP contribution in [0.2, 0.25) is 0 Å². The molecule has 1 fully saturated rings. The lowest BCUT2D eigenvalue weighted by molar-refractivity contribution is 0.254. The zero-order valence-electron chi connectivity index (χ0n) is 23.8. The summed E-state index contributed by atoms with van der Waals surface area (Å²) < 4.78 is 92.5. The van der Waals surface area contributed by atoms with Gasteiger partial charge in [0.25, 0.3) is 0 Å². The summed E-state index contributed by atoms with van der Waals surface area (Å²) in [6.07, 6.45) is 3.08. The maximum atomic E-state index is 15.4. The molecular formula is C29H31ClF4N6O3S. The van der Waals surface area contributed by atoms with E-state index in [2.05, 4.69) is 30.3 Å². The summed E-state index contributed by atoms with van der Waals surface area (Å²) in [4.78, 5) is 13.0. The second kappa shape index (κ2) is 13.9. The van der Waals surface area contributed by atoms with Crippen LogP contribution in [-0.4, -0.2) is 54.4 Å². The lowest BCUT2D eigenvalue weighted by atomic mass is 10.0. The second-order valence-corrected chi connectivity index (χ2v) is 12.1. The number of anilines is 2. The predicted molar refractivity (Wildman–Crippen MR) is 163 cm³/mol. The average Bonchev–Trinajstić information content (AvgIpc) is 2.98. The Morgan fingerprint density at radius 1 is 1.05 bits per heavy atom. The van der Waals surface area contributed by atoms with E-state index < -0.39 is 44.7 Å². The van der Waals surface area contributed by atoms with Crippen LogP contribution in [0, 0.1) is 24.4 Å². The number of ether oxygens (including phenoxy) is 1. The molecule has 0 radical (unpaired) electrons. The number of halogens is 5. The molecule has 236 valence electrons. The van der Waals surface area contributed by atoms with Gasteiger partial charge in [0, 0.05) is 43.3 Å². The lowest BCUT2D eigenvalue weighted by Crippen LogP contribution is -2.44. The zero-order chi connectivity index (χ0) is 30.7. The van der Waals surface area contributed by atoms with Crippen molar-refractivity contribution in [3.8, 4) is 22.9 Å². The van der Waals surface area contributed by atoms with Crippen molar-refractivity contribution in [3.63, 3.8) is 0 Å². The van der Waals surface area contributed by atoms with Gasteiger partial charge in [0.2, 0.25) is 21.9 Å². The predicted octanol–water partition coefficient (Wildman–Crippen LogP) is 6.29. The number of aromatic nitrogens is 3. The molecule has 1 aliphatic heterocycles. The molecule has 2 atom stereocenters. The second-order valence-electron chi connectivity index (χ2n) is 10.3. The van der Waals surface area contributed by atoms with Crippen molar-refractivity contribution < 1.29 is 30.7 Å².